The smallest absolute Gasteiger partial charge is 0.383 e. The fourth-order valence-electron chi connectivity index (χ4n) is 4.38. The number of nitrogen functional groups attached to an aromatic ring is 1. The molecule has 0 saturated heterocycles. The lowest BCUT2D eigenvalue weighted by molar-refractivity contribution is -0.284. The normalized spacial score (nSPS) is 17.8. The van der Waals surface area contributed by atoms with Crippen LogP contribution in [0.3, 0.4) is 0 Å². The molecule has 1 unspecified atom stereocenters. The summed E-state index contributed by atoms with van der Waals surface area (Å²) in [6.45, 7) is 8.06. The molecular formula is C24H21F5N8. The number of anilines is 2. The molecule has 0 fully saturated rings. The molecule has 4 heterocycles. The number of hydrogen-bond acceptors (Lipinski definition) is 7. The maximum atomic E-state index is 13.6. The topological polar surface area (TPSA) is 107 Å². The highest BCUT2D eigenvalue weighted by Crippen LogP contribution is 2.49. The first-order valence-electron chi connectivity index (χ1n) is 11.2. The van der Waals surface area contributed by atoms with Gasteiger partial charge in [-0.15, -0.1) is 0 Å². The minimum atomic E-state index is -5.68. The van der Waals surface area contributed by atoms with E-state index in [-0.39, 0.29) is 28.7 Å². The second-order valence-electron chi connectivity index (χ2n) is 9.05. The van der Waals surface area contributed by atoms with Crippen molar-refractivity contribution < 1.29 is 22.0 Å². The molecule has 5 rings (SSSR count). The summed E-state index contributed by atoms with van der Waals surface area (Å²) < 4.78 is 66.5. The predicted molar refractivity (Wildman–Crippen MR) is 126 cm³/mol. The lowest BCUT2D eigenvalue weighted by atomic mass is 9.76. The number of aromatic nitrogens is 6. The number of halogens is 5. The van der Waals surface area contributed by atoms with E-state index in [1.165, 1.54) is 10.7 Å². The van der Waals surface area contributed by atoms with Crippen LogP contribution in [0.25, 0.3) is 17.2 Å². The highest BCUT2D eigenvalue weighted by atomic mass is 19.4. The van der Waals surface area contributed by atoms with Crippen LogP contribution in [0.5, 0.6) is 0 Å². The van der Waals surface area contributed by atoms with Gasteiger partial charge in [-0.2, -0.15) is 27.1 Å². The number of aryl methyl sites for hydroxylation is 2. The number of nitrogens with two attached hydrogens (primary N) is 1. The van der Waals surface area contributed by atoms with Crippen LogP contribution in [0.4, 0.5) is 33.6 Å². The first-order chi connectivity index (χ1) is 17.3. The van der Waals surface area contributed by atoms with E-state index in [9.17, 15) is 22.0 Å². The van der Waals surface area contributed by atoms with E-state index in [2.05, 4.69) is 36.9 Å². The van der Waals surface area contributed by atoms with Crippen molar-refractivity contribution in [3.05, 3.63) is 71.4 Å². The molecule has 8 nitrogen and oxygen atoms in total. The van der Waals surface area contributed by atoms with Gasteiger partial charge in [-0.3, -0.25) is 0 Å². The average Bonchev–Trinajstić information content (AvgIpc) is 3.40. The van der Waals surface area contributed by atoms with Crippen LogP contribution in [-0.4, -0.2) is 41.6 Å². The van der Waals surface area contributed by atoms with E-state index < -0.39 is 30.4 Å². The molecule has 0 aliphatic carbocycles. The van der Waals surface area contributed by atoms with Crippen LogP contribution in [-0.2, 0) is 11.8 Å². The van der Waals surface area contributed by atoms with Crippen LogP contribution in [0.15, 0.2) is 49.1 Å². The van der Waals surface area contributed by atoms with Crippen molar-refractivity contribution in [1.82, 2.24) is 29.5 Å². The number of fused-ring (bicyclic) bond motifs is 2. The first-order valence-corrected chi connectivity index (χ1v) is 11.2. The largest absolute Gasteiger partial charge is 0.453 e. The van der Waals surface area contributed by atoms with Gasteiger partial charge in [-0.05, 0) is 25.8 Å². The number of rotatable bonds is 5. The van der Waals surface area contributed by atoms with Gasteiger partial charge in [0.15, 0.2) is 11.5 Å². The molecule has 0 bridgehead atoms. The third-order valence-electron chi connectivity index (χ3n) is 6.59. The number of nitrogens with zero attached hydrogens (tertiary/aromatic N) is 6. The quantitative estimate of drug-likeness (QED) is 0.365. The molecular weight excluding hydrogens is 495 g/mol. The van der Waals surface area contributed by atoms with Gasteiger partial charge in [0, 0.05) is 12.1 Å². The van der Waals surface area contributed by atoms with Gasteiger partial charge >= 0.3 is 12.1 Å². The third kappa shape index (κ3) is 3.94. The molecule has 0 spiro atoms. The minimum Gasteiger partial charge on any atom is -0.383 e. The van der Waals surface area contributed by atoms with Crippen molar-refractivity contribution in [2.45, 2.75) is 44.2 Å². The van der Waals surface area contributed by atoms with Gasteiger partial charge in [0.1, 0.15) is 23.7 Å². The van der Waals surface area contributed by atoms with Crippen LogP contribution < -0.4 is 11.1 Å². The van der Waals surface area contributed by atoms with Gasteiger partial charge in [0.2, 0.25) is 0 Å². The van der Waals surface area contributed by atoms with E-state index in [1.807, 2.05) is 38.1 Å². The Labute approximate surface area is 207 Å². The maximum absolute atomic E-state index is 13.6. The third-order valence-corrected chi connectivity index (χ3v) is 6.59. The van der Waals surface area contributed by atoms with Gasteiger partial charge in [0.05, 0.1) is 22.9 Å². The molecule has 1 aliphatic heterocycles. The van der Waals surface area contributed by atoms with Crippen molar-refractivity contribution in [3.63, 3.8) is 0 Å². The van der Waals surface area contributed by atoms with E-state index >= 15 is 0 Å². The Hall–Kier alpha value is -4.16. The summed E-state index contributed by atoms with van der Waals surface area (Å²) in [5.74, 6) is -4.33. The molecule has 0 saturated carbocycles. The number of hydrogen-bond donors (Lipinski definition) is 2. The van der Waals surface area contributed by atoms with Crippen LogP contribution >= 0.6 is 0 Å². The maximum Gasteiger partial charge on any atom is 0.453 e. The van der Waals surface area contributed by atoms with Gasteiger partial charge in [-0.25, -0.2) is 24.5 Å². The molecule has 1 aliphatic rings. The standard InChI is InChI=1S/C24H21F5N8/c1-12-4-6-14(7-5-12)22(3)13(2)33-20-17(22)18(30)35-19(36-20)16-10-37-21(31-11-32-37)15(34-16)8-9-23(25,26)24(27,28)29/h4-7,10-11H,2,8-9H2,1,3H3,(H3,30,33,35,36). The van der Waals surface area contributed by atoms with Crippen molar-refractivity contribution in [3.8, 4) is 11.5 Å². The van der Waals surface area contributed by atoms with Gasteiger partial charge in [0.25, 0.3) is 0 Å². The average molecular weight is 516 g/mol. The Balaban J connectivity index is 1.57. The number of benzene rings is 1. The Morgan fingerprint density at radius 3 is 2.46 bits per heavy atom. The Morgan fingerprint density at radius 1 is 1.08 bits per heavy atom. The Bertz CT molecular complexity index is 1530. The summed E-state index contributed by atoms with van der Waals surface area (Å²) in [7, 11) is 0. The van der Waals surface area contributed by atoms with E-state index in [4.69, 9.17) is 5.73 Å². The summed E-state index contributed by atoms with van der Waals surface area (Å²) >= 11 is 0. The predicted octanol–water partition coefficient (Wildman–Crippen LogP) is 4.85. The highest BCUT2D eigenvalue weighted by molar-refractivity contribution is 5.76. The fourth-order valence-corrected chi connectivity index (χ4v) is 4.38. The van der Waals surface area contributed by atoms with E-state index in [0.29, 0.717) is 17.1 Å². The van der Waals surface area contributed by atoms with Crippen LogP contribution in [0.1, 0.15) is 35.7 Å². The van der Waals surface area contributed by atoms with Crippen molar-refractivity contribution in [1.29, 1.82) is 0 Å². The molecule has 1 aromatic carbocycles. The minimum absolute atomic E-state index is 0.0333. The van der Waals surface area contributed by atoms with Crippen LogP contribution in [0, 0.1) is 6.92 Å². The summed E-state index contributed by atoms with van der Waals surface area (Å²) in [5, 5.41) is 7.12. The summed E-state index contributed by atoms with van der Waals surface area (Å²) in [5.41, 5.74) is 8.92. The number of alkyl halides is 5. The second-order valence-corrected chi connectivity index (χ2v) is 9.05. The van der Waals surface area contributed by atoms with E-state index in [1.54, 1.807) is 0 Å². The zero-order valence-corrected chi connectivity index (χ0v) is 19.7. The highest BCUT2D eigenvalue weighted by Gasteiger charge is 2.56. The second kappa shape index (κ2) is 8.18. The van der Waals surface area contributed by atoms with Gasteiger partial charge in [-0.1, -0.05) is 36.4 Å². The monoisotopic (exact) mass is 516 g/mol. The summed E-state index contributed by atoms with van der Waals surface area (Å²) in [6, 6.07) is 7.87. The zero-order valence-electron chi connectivity index (χ0n) is 19.7. The SMILES string of the molecule is C=C1Nc2nc(-c3cn4ncnc4c(CCC(F)(F)C(F)(F)F)n3)nc(N)c2C1(C)c1ccc(C)cc1. The molecule has 3 N–H and O–H groups in total. The molecule has 4 aromatic rings. The molecule has 0 radical (unpaired) electrons. The molecule has 1 atom stereocenters. The van der Waals surface area contributed by atoms with Crippen molar-refractivity contribution in [2.75, 3.05) is 11.1 Å². The lowest BCUT2D eigenvalue weighted by Gasteiger charge is -2.27. The summed E-state index contributed by atoms with van der Waals surface area (Å²) in [4.78, 5) is 17.1. The Kier molecular flexibility index (Phi) is 5.42. The summed E-state index contributed by atoms with van der Waals surface area (Å²) in [6.07, 6.45) is -5.34. The first kappa shape index (κ1) is 24.5. The molecule has 37 heavy (non-hydrogen) atoms. The van der Waals surface area contributed by atoms with Crippen LogP contribution in [0.2, 0.25) is 0 Å². The molecule has 0 amide bonds. The molecule has 13 heteroatoms. The zero-order chi connectivity index (χ0) is 26.8. The van der Waals surface area contributed by atoms with Gasteiger partial charge < -0.3 is 11.1 Å². The van der Waals surface area contributed by atoms with E-state index in [0.717, 1.165) is 17.5 Å². The fraction of sp³-hybridized carbons (Fsp3) is 0.292. The lowest BCUT2D eigenvalue weighted by Crippen LogP contribution is -2.36. The molecule has 3 aromatic heterocycles. The number of nitrogens with one attached hydrogen (secondary N) is 1. The number of allylic oxidation sites excluding steroid dienone is 1. The Morgan fingerprint density at radius 2 is 1.78 bits per heavy atom. The molecule has 192 valence electrons. The van der Waals surface area contributed by atoms with Crippen molar-refractivity contribution in [2.24, 2.45) is 0 Å². The van der Waals surface area contributed by atoms with Crippen molar-refractivity contribution >= 4 is 17.3 Å².